The van der Waals surface area contributed by atoms with E-state index < -0.39 is 6.10 Å². The van der Waals surface area contributed by atoms with Crippen molar-refractivity contribution in [2.75, 3.05) is 19.6 Å². The van der Waals surface area contributed by atoms with Crippen LogP contribution in [0.2, 0.25) is 0 Å². The van der Waals surface area contributed by atoms with Crippen molar-refractivity contribution in [3.05, 3.63) is 29.8 Å². The van der Waals surface area contributed by atoms with Crippen molar-refractivity contribution in [3.63, 3.8) is 0 Å². The van der Waals surface area contributed by atoms with E-state index in [0.29, 0.717) is 18.3 Å². The number of halogens is 1. The lowest BCUT2D eigenvalue weighted by Crippen LogP contribution is -2.34. The Morgan fingerprint density at radius 2 is 2.00 bits per heavy atom. The van der Waals surface area contributed by atoms with E-state index in [1.54, 1.807) is 0 Å². The normalized spacial score (nSPS) is 17.3. The third kappa shape index (κ3) is 7.52. The number of aliphatic hydroxyl groups excluding tert-OH is 1. The van der Waals surface area contributed by atoms with Gasteiger partial charge in [0.25, 0.3) is 0 Å². The van der Waals surface area contributed by atoms with Crippen LogP contribution in [0.1, 0.15) is 51.7 Å². The van der Waals surface area contributed by atoms with Gasteiger partial charge in [0.05, 0.1) is 12.2 Å². The van der Waals surface area contributed by atoms with Gasteiger partial charge in [-0.3, -0.25) is 4.79 Å². The van der Waals surface area contributed by atoms with Gasteiger partial charge in [-0.2, -0.15) is 0 Å². The van der Waals surface area contributed by atoms with Crippen molar-refractivity contribution in [2.24, 2.45) is 11.8 Å². The van der Waals surface area contributed by atoms with Crippen molar-refractivity contribution >= 4 is 18.3 Å². The molecule has 0 spiro atoms. The lowest BCUT2D eigenvalue weighted by Gasteiger charge is -2.28. The molecular weight excluding hydrogens is 352 g/mol. The van der Waals surface area contributed by atoms with E-state index in [4.69, 9.17) is 4.74 Å². The molecule has 1 heterocycles. The van der Waals surface area contributed by atoms with Crippen molar-refractivity contribution in [1.29, 1.82) is 0 Å². The molecule has 1 fully saturated rings. The first-order chi connectivity index (χ1) is 12.0. The molecule has 1 saturated heterocycles. The highest BCUT2D eigenvalue weighted by Gasteiger charge is 2.22. The van der Waals surface area contributed by atoms with Crippen LogP contribution in [0.5, 0.6) is 5.75 Å². The number of nitrogens with one attached hydrogen (secondary N) is 2. The molecule has 26 heavy (non-hydrogen) atoms. The van der Waals surface area contributed by atoms with Gasteiger partial charge in [0, 0.05) is 13.0 Å². The summed E-state index contributed by atoms with van der Waals surface area (Å²) in [4.78, 5) is 12.2. The Balaban J connectivity index is 0.00000338. The number of hydrogen-bond acceptors (Lipinski definition) is 4. The maximum atomic E-state index is 12.2. The Morgan fingerprint density at radius 3 is 2.65 bits per heavy atom. The second kappa shape index (κ2) is 11.4. The van der Waals surface area contributed by atoms with Gasteiger partial charge in [-0.25, -0.2) is 0 Å². The minimum absolute atomic E-state index is 0. The summed E-state index contributed by atoms with van der Waals surface area (Å²) < 4.78 is 5.65. The lowest BCUT2D eigenvalue weighted by atomic mass is 9.84. The molecule has 5 nitrogen and oxygen atoms in total. The van der Waals surface area contributed by atoms with Gasteiger partial charge < -0.3 is 20.5 Å². The maximum absolute atomic E-state index is 12.2. The van der Waals surface area contributed by atoms with E-state index in [2.05, 4.69) is 17.6 Å². The van der Waals surface area contributed by atoms with Crippen LogP contribution in [-0.2, 0) is 4.79 Å². The third-order valence-electron chi connectivity index (χ3n) is 4.80. The maximum Gasteiger partial charge on any atom is 0.220 e. The minimum atomic E-state index is -0.728. The number of amides is 1. The average molecular weight is 385 g/mol. The second-order valence-corrected chi connectivity index (χ2v) is 7.33. The first-order valence-electron chi connectivity index (χ1n) is 9.37. The van der Waals surface area contributed by atoms with Gasteiger partial charge in [-0.05, 0) is 69.3 Å². The van der Waals surface area contributed by atoms with Gasteiger partial charge in [0.15, 0.2) is 0 Å². The summed E-state index contributed by atoms with van der Waals surface area (Å²) in [7, 11) is 0. The van der Waals surface area contributed by atoms with Gasteiger partial charge in [0.2, 0.25) is 5.91 Å². The van der Waals surface area contributed by atoms with E-state index >= 15 is 0 Å². The fourth-order valence-electron chi connectivity index (χ4n) is 3.34. The summed E-state index contributed by atoms with van der Waals surface area (Å²) in [6.07, 6.45) is 2.16. The highest BCUT2D eigenvalue weighted by atomic mass is 35.5. The topological polar surface area (TPSA) is 70.6 Å². The Bertz CT molecular complexity index is 548. The van der Waals surface area contributed by atoms with Crippen LogP contribution >= 0.6 is 12.4 Å². The number of ether oxygens (including phenoxy) is 1. The molecule has 2 unspecified atom stereocenters. The molecule has 1 aliphatic heterocycles. The molecule has 1 aliphatic rings. The van der Waals surface area contributed by atoms with Gasteiger partial charge >= 0.3 is 0 Å². The van der Waals surface area contributed by atoms with E-state index in [0.717, 1.165) is 37.2 Å². The predicted molar refractivity (Wildman–Crippen MR) is 107 cm³/mol. The molecule has 0 saturated carbocycles. The number of benzene rings is 1. The number of hydrogen-bond donors (Lipinski definition) is 3. The van der Waals surface area contributed by atoms with Gasteiger partial charge in [-0.15, -0.1) is 12.4 Å². The fourth-order valence-corrected chi connectivity index (χ4v) is 3.34. The monoisotopic (exact) mass is 384 g/mol. The molecule has 6 heteroatoms. The number of aliphatic hydroxyl groups is 1. The molecule has 0 radical (unpaired) electrons. The third-order valence-corrected chi connectivity index (χ3v) is 4.80. The quantitative estimate of drug-likeness (QED) is 0.644. The Hall–Kier alpha value is -1.30. The van der Waals surface area contributed by atoms with Crippen LogP contribution < -0.4 is 15.4 Å². The molecule has 0 aromatic heterocycles. The molecule has 2 atom stereocenters. The van der Waals surface area contributed by atoms with Gasteiger partial charge in [-0.1, -0.05) is 19.1 Å². The second-order valence-electron chi connectivity index (χ2n) is 7.33. The Labute approximate surface area is 163 Å². The van der Waals surface area contributed by atoms with Crippen LogP contribution in [0.25, 0.3) is 0 Å². The largest absolute Gasteiger partial charge is 0.491 e. The summed E-state index contributed by atoms with van der Waals surface area (Å²) in [6.45, 7) is 8.40. The molecule has 3 N–H and O–H groups in total. The number of carbonyl (C=O) groups excluding carboxylic acids is 1. The molecule has 148 valence electrons. The molecule has 1 amide bonds. The Morgan fingerprint density at radius 1 is 1.31 bits per heavy atom. The van der Waals surface area contributed by atoms with Crippen LogP contribution in [0.15, 0.2) is 24.3 Å². The number of piperidine rings is 1. The first-order valence-corrected chi connectivity index (χ1v) is 9.37. The summed E-state index contributed by atoms with van der Waals surface area (Å²) in [6, 6.07) is 7.41. The van der Waals surface area contributed by atoms with Crippen molar-refractivity contribution in [2.45, 2.75) is 52.2 Å². The average Bonchev–Trinajstić information content (AvgIpc) is 2.60. The van der Waals surface area contributed by atoms with E-state index in [1.165, 1.54) is 0 Å². The summed E-state index contributed by atoms with van der Waals surface area (Å²) in [5.74, 6) is 1.74. The standard InChI is InChI=1S/C20H32N2O3.ClH/c1-14(2)25-18-6-4-5-17(12-18)19(23)13-22-20(24)11-15(3)16-7-9-21-10-8-16;/h4-6,12,14-16,19,21,23H,7-11,13H2,1-3H3,(H,22,24);1H. The fraction of sp³-hybridized carbons (Fsp3) is 0.650. The molecule has 1 aromatic rings. The van der Waals surface area contributed by atoms with Crippen molar-refractivity contribution in [1.82, 2.24) is 10.6 Å². The Kier molecular flexibility index (Phi) is 9.99. The summed E-state index contributed by atoms with van der Waals surface area (Å²) in [5, 5.41) is 16.6. The first kappa shape index (κ1) is 22.7. The summed E-state index contributed by atoms with van der Waals surface area (Å²) >= 11 is 0. The smallest absolute Gasteiger partial charge is 0.220 e. The number of carbonyl (C=O) groups is 1. The molecule has 2 rings (SSSR count). The summed E-state index contributed by atoms with van der Waals surface area (Å²) in [5.41, 5.74) is 0.754. The zero-order valence-corrected chi connectivity index (χ0v) is 16.8. The predicted octanol–water partition coefficient (Wildman–Crippen LogP) is 3.07. The van der Waals surface area contributed by atoms with E-state index in [-0.39, 0.29) is 31.0 Å². The highest BCUT2D eigenvalue weighted by Crippen LogP contribution is 2.24. The van der Waals surface area contributed by atoms with Crippen molar-refractivity contribution in [3.8, 4) is 5.75 Å². The van der Waals surface area contributed by atoms with Crippen LogP contribution in [0.3, 0.4) is 0 Å². The van der Waals surface area contributed by atoms with E-state index in [9.17, 15) is 9.90 Å². The SMILES string of the molecule is CC(C)Oc1cccc(C(O)CNC(=O)CC(C)C2CCNCC2)c1.Cl. The molecule has 0 bridgehead atoms. The lowest BCUT2D eigenvalue weighted by molar-refractivity contribution is -0.122. The van der Waals surface area contributed by atoms with Crippen LogP contribution in [-0.4, -0.2) is 36.8 Å². The molecular formula is C20H33ClN2O3. The van der Waals surface area contributed by atoms with Crippen LogP contribution in [0, 0.1) is 11.8 Å². The zero-order valence-electron chi connectivity index (χ0n) is 16.0. The van der Waals surface area contributed by atoms with Gasteiger partial charge in [0.1, 0.15) is 5.75 Å². The molecule has 0 aliphatic carbocycles. The zero-order chi connectivity index (χ0) is 18.2. The molecule has 1 aromatic carbocycles. The van der Waals surface area contributed by atoms with E-state index in [1.807, 2.05) is 38.1 Å². The van der Waals surface area contributed by atoms with Crippen molar-refractivity contribution < 1.29 is 14.6 Å². The van der Waals surface area contributed by atoms with Crippen LogP contribution in [0.4, 0.5) is 0 Å². The minimum Gasteiger partial charge on any atom is -0.491 e. The highest BCUT2D eigenvalue weighted by molar-refractivity contribution is 5.85. The number of rotatable bonds is 8.